The summed E-state index contributed by atoms with van der Waals surface area (Å²) in [5.41, 5.74) is 14.6. The Morgan fingerprint density at radius 1 is 0.623 bits per heavy atom. The van der Waals surface area contributed by atoms with Crippen molar-refractivity contribution in [1.29, 1.82) is 0 Å². The topological polar surface area (TPSA) is 56.7 Å². The first kappa shape index (κ1) is 47.0. The van der Waals surface area contributed by atoms with E-state index >= 15 is 0 Å². The first-order valence-corrected chi connectivity index (χ1v) is 26.6. The van der Waals surface area contributed by atoms with Crippen molar-refractivity contribution < 1.29 is 28.9 Å². The average molecular weight is 1100 g/mol. The third-order valence-corrected chi connectivity index (χ3v) is 14.6. The number of furan rings is 1. The second kappa shape index (κ2) is 19.5. The van der Waals surface area contributed by atoms with E-state index in [4.69, 9.17) is 14.4 Å². The van der Waals surface area contributed by atoms with Crippen molar-refractivity contribution >= 4 is 46.4 Å². The molecule has 0 N–H and O–H groups in total. The summed E-state index contributed by atoms with van der Waals surface area (Å²) in [7, 11) is -1.23. The Kier molecular flexibility index (Phi) is 13.3. The van der Waals surface area contributed by atoms with Crippen molar-refractivity contribution in [2.75, 3.05) is 0 Å². The molecule has 0 atom stereocenters. The van der Waals surface area contributed by atoms with Crippen molar-refractivity contribution in [2.45, 2.75) is 52.4 Å². The van der Waals surface area contributed by atoms with Crippen molar-refractivity contribution in [3.05, 3.63) is 217 Å². The van der Waals surface area contributed by atoms with E-state index in [1.807, 2.05) is 60.8 Å². The van der Waals surface area contributed by atoms with Gasteiger partial charge in [0, 0.05) is 43.8 Å². The summed E-state index contributed by atoms with van der Waals surface area (Å²) < 4.78 is 22.6. The van der Waals surface area contributed by atoms with Gasteiger partial charge in [-0.25, -0.2) is 9.37 Å². The molecular formula is C61H51FIrN4OSi-2. The fourth-order valence-electron chi connectivity index (χ4n) is 8.73. The van der Waals surface area contributed by atoms with Crippen LogP contribution in [0, 0.1) is 17.9 Å². The molecule has 0 bridgehead atoms. The molecule has 0 saturated heterocycles. The number of hydrogen-bond donors (Lipinski definition) is 0. The van der Waals surface area contributed by atoms with Gasteiger partial charge in [-0.3, -0.25) is 4.98 Å². The first-order valence-electron chi connectivity index (χ1n) is 23.1. The predicted molar refractivity (Wildman–Crippen MR) is 281 cm³/mol. The Balaban J connectivity index is 0.000000296. The van der Waals surface area contributed by atoms with Crippen LogP contribution >= 0.6 is 0 Å². The molecule has 0 unspecified atom stereocenters. The van der Waals surface area contributed by atoms with Crippen LogP contribution in [-0.4, -0.2) is 27.6 Å². The summed E-state index contributed by atoms with van der Waals surface area (Å²) in [6.07, 6.45) is 2.02. The number of halogens is 1. The van der Waals surface area contributed by atoms with Crippen molar-refractivity contribution in [3.8, 4) is 56.2 Å². The van der Waals surface area contributed by atoms with Crippen LogP contribution in [0.3, 0.4) is 0 Å². The fraction of sp³-hybridized carbons (Fsp3) is 0.131. The summed E-state index contributed by atoms with van der Waals surface area (Å²) in [5.74, 6) is 0.482. The molecule has 0 saturated carbocycles. The van der Waals surface area contributed by atoms with Gasteiger partial charge in [0.05, 0.1) is 36.2 Å². The van der Waals surface area contributed by atoms with Gasteiger partial charge in [0.2, 0.25) is 5.71 Å². The smallest absolute Gasteiger partial charge is 0.216 e. The number of imidazole rings is 1. The van der Waals surface area contributed by atoms with Crippen LogP contribution in [0.15, 0.2) is 193 Å². The number of hydrogen-bond acceptors (Lipinski definition) is 4. The molecule has 0 amide bonds. The van der Waals surface area contributed by atoms with Crippen LogP contribution in [0.2, 0.25) is 19.6 Å². The van der Waals surface area contributed by atoms with Crippen LogP contribution in [0.1, 0.15) is 31.9 Å². The second-order valence-corrected chi connectivity index (χ2v) is 24.3. The van der Waals surface area contributed by atoms with Gasteiger partial charge in [-0.2, -0.15) is 0 Å². The van der Waals surface area contributed by atoms with E-state index in [1.165, 1.54) is 50.7 Å². The minimum Gasteiger partial charge on any atom is -0.486 e. The molecular weight excluding hydrogens is 1040 g/mol. The van der Waals surface area contributed by atoms with Gasteiger partial charge in [0.1, 0.15) is 5.82 Å². The zero-order valence-corrected chi connectivity index (χ0v) is 42.9. The first-order chi connectivity index (χ1) is 32.9. The molecule has 69 heavy (non-hydrogen) atoms. The Morgan fingerprint density at radius 3 is 1.90 bits per heavy atom. The number of rotatable bonds is 8. The van der Waals surface area contributed by atoms with Crippen LogP contribution in [0.4, 0.5) is 4.39 Å². The van der Waals surface area contributed by atoms with E-state index in [2.05, 4.69) is 165 Å². The molecule has 11 aromatic rings. The van der Waals surface area contributed by atoms with E-state index in [0.717, 1.165) is 50.0 Å². The minimum absolute atomic E-state index is 0. The molecule has 0 aliphatic heterocycles. The van der Waals surface area contributed by atoms with E-state index in [-0.39, 0.29) is 31.3 Å². The normalized spacial score (nSPS) is 11.6. The van der Waals surface area contributed by atoms with Crippen molar-refractivity contribution in [1.82, 2.24) is 19.5 Å². The molecule has 1 radical (unpaired) electrons. The molecule has 0 fully saturated rings. The molecule has 7 aromatic carbocycles. The Morgan fingerprint density at radius 2 is 1.28 bits per heavy atom. The maximum absolute atomic E-state index is 13.7. The number of fused-ring (bicyclic) bond motifs is 4. The summed E-state index contributed by atoms with van der Waals surface area (Å²) in [4.78, 5) is 14.6. The fourth-order valence-corrected chi connectivity index (χ4v) is 9.76. The quantitative estimate of drug-likeness (QED) is 0.112. The van der Waals surface area contributed by atoms with Gasteiger partial charge in [0.15, 0.2) is 0 Å². The molecule has 8 heteroatoms. The molecule has 0 aliphatic carbocycles. The monoisotopic (exact) mass is 1100 g/mol. The van der Waals surface area contributed by atoms with Crippen LogP contribution in [0.25, 0.3) is 89.3 Å². The Labute approximate surface area is 418 Å². The van der Waals surface area contributed by atoms with E-state index < -0.39 is 8.07 Å². The molecule has 343 valence electrons. The van der Waals surface area contributed by atoms with Crippen LogP contribution < -0.4 is 5.19 Å². The minimum atomic E-state index is -1.23. The number of aromatic nitrogens is 4. The van der Waals surface area contributed by atoms with Crippen molar-refractivity contribution in [3.63, 3.8) is 0 Å². The standard InChI is InChI=1S/C47H35FN3O.C14H16NSi.Ir/c1-47(2,3)33-27-38(30-13-6-4-7-14-30)40(39(28-33)31-15-8-5-9-16-31)29-51-43-20-11-10-19-42(43)49-45(51)37-18-12-17-35-36-25-26-41(50-46(36)52-44(35)37)32-21-23-34(48)24-22-32;1-16(2,3)13-9-10-14(15-11-13)12-7-5-4-6-8-12;/h4-17,19-28H,29H2,1-3H3;4-7,9-11H,1-3H3;/q2*-1;. The molecule has 11 rings (SSSR count). The zero-order chi connectivity index (χ0) is 47.0. The summed E-state index contributed by atoms with van der Waals surface area (Å²) in [5, 5.41) is 3.23. The van der Waals surface area contributed by atoms with E-state index in [1.54, 1.807) is 12.1 Å². The summed E-state index contributed by atoms with van der Waals surface area (Å²) in [6.45, 7) is 14.4. The molecule has 0 spiro atoms. The Hall–Kier alpha value is -7.09. The van der Waals surface area contributed by atoms with Crippen molar-refractivity contribution in [2.24, 2.45) is 0 Å². The van der Waals surface area contributed by atoms with Gasteiger partial charge < -0.3 is 14.0 Å². The third-order valence-electron chi connectivity index (χ3n) is 12.5. The molecule has 5 nitrogen and oxygen atoms in total. The summed E-state index contributed by atoms with van der Waals surface area (Å²) >= 11 is 0. The number of nitrogens with zero attached hydrogens (tertiary/aromatic N) is 4. The van der Waals surface area contributed by atoms with Crippen LogP contribution in [-0.2, 0) is 32.1 Å². The SMILES string of the molecule is CC(C)(C)c1cc(-c2ccccc2)c(Cn2c(-c3[c-]ccc4c3oc3nc(-c5ccc(F)cc5)ccc34)nc3ccccc32)c(-c2ccccc2)c1.C[Si](C)(C)c1ccc(-c2[c-]cccc2)nc1.[Ir]. The van der Waals surface area contributed by atoms with Gasteiger partial charge in [-0.15, -0.1) is 54.1 Å². The van der Waals surface area contributed by atoms with Gasteiger partial charge in [-0.1, -0.05) is 148 Å². The zero-order valence-electron chi connectivity index (χ0n) is 39.5. The van der Waals surface area contributed by atoms with Gasteiger partial charge in [0.25, 0.3) is 0 Å². The third kappa shape index (κ3) is 9.79. The average Bonchev–Trinajstić information content (AvgIpc) is 3.92. The van der Waals surface area contributed by atoms with Crippen LogP contribution in [0.5, 0.6) is 0 Å². The molecule has 4 aromatic heterocycles. The number of pyridine rings is 2. The summed E-state index contributed by atoms with van der Waals surface area (Å²) in [6, 6.07) is 67.6. The predicted octanol–water partition coefficient (Wildman–Crippen LogP) is 15.4. The molecule has 0 aliphatic rings. The largest absolute Gasteiger partial charge is 0.486 e. The number of benzene rings is 7. The maximum atomic E-state index is 13.7. The second-order valence-electron chi connectivity index (χ2n) is 19.3. The Bertz CT molecular complexity index is 3480. The molecule has 4 heterocycles. The number of para-hydroxylation sites is 2. The van der Waals surface area contributed by atoms with E-state index in [0.29, 0.717) is 23.5 Å². The maximum Gasteiger partial charge on any atom is 0.216 e. The van der Waals surface area contributed by atoms with E-state index in [9.17, 15) is 4.39 Å². The van der Waals surface area contributed by atoms with Gasteiger partial charge in [-0.05, 0) is 98.2 Å². The van der Waals surface area contributed by atoms with Gasteiger partial charge >= 0.3 is 0 Å².